The van der Waals surface area contributed by atoms with Crippen LogP contribution in [0.15, 0.2) is 30.3 Å². The summed E-state index contributed by atoms with van der Waals surface area (Å²) in [5.41, 5.74) is 0. The van der Waals surface area contributed by atoms with E-state index in [1.807, 2.05) is 18.2 Å². The van der Waals surface area contributed by atoms with Crippen LogP contribution < -0.4 is 0 Å². The van der Waals surface area contributed by atoms with E-state index in [1.54, 1.807) is 0 Å². The fourth-order valence-electron chi connectivity index (χ4n) is 0.415. The second-order valence-corrected chi connectivity index (χ2v) is 2.54. The lowest BCUT2D eigenvalue weighted by atomic mass is 10.4. The molecule has 0 unspecified atom stereocenters. The Labute approximate surface area is 89.7 Å². The van der Waals surface area contributed by atoms with E-state index in [0.717, 1.165) is 0 Å². The van der Waals surface area contributed by atoms with Gasteiger partial charge in [-0.3, -0.25) is 0 Å². The maximum atomic E-state index is 2.28. The lowest BCUT2D eigenvalue weighted by Crippen LogP contribution is -1.61. The van der Waals surface area contributed by atoms with Gasteiger partial charge in [0.05, 0.1) is 0 Å². The summed E-state index contributed by atoms with van der Waals surface area (Å²) < 4.78 is 1.29. The molecular weight excluding hydrogens is 359 g/mol. The van der Waals surface area contributed by atoms with Crippen molar-refractivity contribution in [2.45, 2.75) is 0 Å². The van der Waals surface area contributed by atoms with Gasteiger partial charge in [-0.25, -0.2) is 0 Å². The van der Waals surface area contributed by atoms with Crippen molar-refractivity contribution in [1.82, 2.24) is 0 Å². The third-order valence-corrected chi connectivity index (χ3v) is 1.45. The first-order valence-electron chi connectivity index (χ1n) is 2.10. The van der Waals surface area contributed by atoms with Crippen LogP contribution in [-0.4, -0.2) is 0 Å². The van der Waals surface area contributed by atoms with Crippen molar-refractivity contribution in [3.8, 4) is 0 Å². The van der Waals surface area contributed by atoms with E-state index in [0.29, 0.717) is 0 Å². The molecule has 0 nitrogen and oxygen atoms in total. The maximum absolute atomic E-state index is 2.28. The highest BCUT2D eigenvalue weighted by Crippen LogP contribution is 1.99. The minimum atomic E-state index is 0. The van der Waals surface area contributed by atoms with Gasteiger partial charge < -0.3 is 0 Å². The van der Waals surface area contributed by atoms with E-state index in [2.05, 4.69) is 34.7 Å². The molecular formula is C6H7Br2I. The van der Waals surface area contributed by atoms with Gasteiger partial charge in [0.1, 0.15) is 0 Å². The van der Waals surface area contributed by atoms with Crippen molar-refractivity contribution >= 4 is 56.6 Å². The van der Waals surface area contributed by atoms with Crippen molar-refractivity contribution in [1.29, 1.82) is 0 Å². The summed E-state index contributed by atoms with van der Waals surface area (Å²) in [6.07, 6.45) is 0. The zero-order chi connectivity index (χ0) is 5.11. The monoisotopic (exact) mass is 364 g/mol. The quantitative estimate of drug-likeness (QED) is 0.618. The van der Waals surface area contributed by atoms with Crippen LogP contribution in [0.4, 0.5) is 0 Å². The number of rotatable bonds is 0. The molecule has 0 aromatic heterocycles. The van der Waals surface area contributed by atoms with Crippen LogP contribution in [-0.2, 0) is 0 Å². The molecule has 1 aromatic rings. The molecule has 0 amide bonds. The average molecular weight is 366 g/mol. The fraction of sp³-hybridized carbons (Fsp3) is 0. The number of hydrogen-bond acceptors (Lipinski definition) is 0. The van der Waals surface area contributed by atoms with Crippen molar-refractivity contribution in [3.05, 3.63) is 33.9 Å². The minimum absolute atomic E-state index is 0. The number of benzene rings is 1. The van der Waals surface area contributed by atoms with E-state index in [9.17, 15) is 0 Å². The standard InChI is InChI=1S/C6H5I.2BrH/c7-6-4-2-1-3-5-6;;/h1-5H;2*1H. The van der Waals surface area contributed by atoms with Gasteiger partial charge in [0.2, 0.25) is 0 Å². The van der Waals surface area contributed by atoms with Gasteiger partial charge in [-0.05, 0) is 34.7 Å². The van der Waals surface area contributed by atoms with Crippen LogP contribution in [0.3, 0.4) is 0 Å². The smallest absolute Gasteiger partial charge is 0.0130 e. The first-order valence-corrected chi connectivity index (χ1v) is 3.18. The normalized spacial score (nSPS) is 6.78. The Bertz CT molecular complexity index is 141. The molecule has 0 fully saturated rings. The molecule has 0 heterocycles. The van der Waals surface area contributed by atoms with Gasteiger partial charge in [0, 0.05) is 3.57 Å². The third-order valence-electron chi connectivity index (χ3n) is 0.733. The van der Waals surface area contributed by atoms with Crippen LogP contribution in [0, 0.1) is 3.57 Å². The van der Waals surface area contributed by atoms with Gasteiger partial charge in [-0.2, -0.15) is 0 Å². The van der Waals surface area contributed by atoms with Gasteiger partial charge >= 0.3 is 0 Å². The molecule has 0 radical (unpaired) electrons. The molecule has 0 N–H and O–H groups in total. The largest absolute Gasteiger partial charge is 0.114 e. The van der Waals surface area contributed by atoms with Crippen LogP contribution in [0.25, 0.3) is 0 Å². The zero-order valence-corrected chi connectivity index (χ0v) is 10.2. The molecule has 1 rings (SSSR count). The Hall–Kier alpha value is 0.910. The average Bonchev–Trinajstić information content (AvgIpc) is 1.69. The topological polar surface area (TPSA) is 0 Å². The van der Waals surface area contributed by atoms with Gasteiger partial charge in [0.25, 0.3) is 0 Å². The van der Waals surface area contributed by atoms with Crippen molar-refractivity contribution in [2.75, 3.05) is 0 Å². The summed E-state index contributed by atoms with van der Waals surface area (Å²) in [5, 5.41) is 0. The highest BCUT2D eigenvalue weighted by atomic mass is 127. The van der Waals surface area contributed by atoms with Crippen LogP contribution in [0.5, 0.6) is 0 Å². The van der Waals surface area contributed by atoms with Gasteiger partial charge in [-0.1, -0.05) is 18.2 Å². The minimum Gasteiger partial charge on any atom is -0.114 e. The zero-order valence-electron chi connectivity index (χ0n) is 4.58. The van der Waals surface area contributed by atoms with Crippen LogP contribution in [0.1, 0.15) is 0 Å². The van der Waals surface area contributed by atoms with Crippen molar-refractivity contribution < 1.29 is 0 Å². The summed E-state index contributed by atoms with van der Waals surface area (Å²) in [7, 11) is 0. The Morgan fingerprint density at radius 2 is 1.33 bits per heavy atom. The highest BCUT2D eigenvalue weighted by molar-refractivity contribution is 14.1. The second-order valence-electron chi connectivity index (χ2n) is 1.30. The van der Waals surface area contributed by atoms with Crippen molar-refractivity contribution in [2.24, 2.45) is 0 Å². The molecule has 0 saturated carbocycles. The molecule has 0 spiro atoms. The van der Waals surface area contributed by atoms with Crippen molar-refractivity contribution in [3.63, 3.8) is 0 Å². The predicted octanol–water partition coefficient (Wildman–Crippen LogP) is 3.45. The van der Waals surface area contributed by atoms with E-state index in [4.69, 9.17) is 0 Å². The molecule has 0 aliphatic heterocycles. The molecule has 0 atom stereocenters. The van der Waals surface area contributed by atoms with E-state index >= 15 is 0 Å². The predicted molar refractivity (Wildman–Crippen MR) is 59.8 cm³/mol. The molecule has 0 bridgehead atoms. The maximum Gasteiger partial charge on any atom is 0.0130 e. The molecule has 0 aliphatic rings. The summed E-state index contributed by atoms with van der Waals surface area (Å²) in [4.78, 5) is 0. The number of halogens is 3. The molecule has 0 aliphatic carbocycles. The number of hydrogen-bond donors (Lipinski definition) is 0. The lowest BCUT2D eigenvalue weighted by Gasteiger charge is -1.80. The Morgan fingerprint density at radius 1 is 0.889 bits per heavy atom. The van der Waals surface area contributed by atoms with Gasteiger partial charge in [0.15, 0.2) is 0 Å². The second kappa shape index (κ2) is 7.02. The fourth-order valence-corrected chi connectivity index (χ4v) is 0.830. The Kier molecular flexibility index (Phi) is 9.81. The summed E-state index contributed by atoms with van der Waals surface area (Å²) in [5.74, 6) is 0. The van der Waals surface area contributed by atoms with E-state index in [-0.39, 0.29) is 34.0 Å². The van der Waals surface area contributed by atoms with Crippen LogP contribution >= 0.6 is 56.6 Å². The molecule has 52 valence electrons. The summed E-state index contributed by atoms with van der Waals surface area (Å²) in [6.45, 7) is 0. The Balaban J connectivity index is 0. The molecule has 9 heavy (non-hydrogen) atoms. The third kappa shape index (κ3) is 5.36. The highest BCUT2D eigenvalue weighted by Gasteiger charge is 1.74. The Morgan fingerprint density at radius 3 is 1.56 bits per heavy atom. The van der Waals surface area contributed by atoms with E-state index in [1.165, 1.54) is 3.57 Å². The van der Waals surface area contributed by atoms with Gasteiger partial charge in [-0.15, -0.1) is 34.0 Å². The lowest BCUT2D eigenvalue weighted by molar-refractivity contribution is 1.65. The van der Waals surface area contributed by atoms with Crippen LogP contribution in [0.2, 0.25) is 0 Å². The van der Waals surface area contributed by atoms with E-state index < -0.39 is 0 Å². The summed E-state index contributed by atoms with van der Waals surface area (Å²) >= 11 is 2.28. The molecule has 3 heteroatoms. The SMILES string of the molecule is Br.Br.Ic1ccccc1. The molecule has 1 aromatic carbocycles. The summed E-state index contributed by atoms with van der Waals surface area (Å²) in [6, 6.07) is 10.2. The first kappa shape index (κ1) is 12.6. The first-order chi connectivity index (χ1) is 3.39. The molecule has 0 saturated heterocycles.